The average Bonchev–Trinajstić information content (AvgIpc) is 2.93. The molecule has 0 radical (unpaired) electrons. The summed E-state index contributed by atoms with van der Waals surface area (Å²) in [6.07, 6.45) is -1.66. The Labute approximate surface area is 239 Å². The molecule has 0 fully saturated rings. The molecule has 2 aromatic carbocycles. The van der Waals surface area contributed by atoms with E-state index in [0.717, 1.165) is 4.57 Å². The molecule has 11 nitrogen and oxygen atoms in total. The lowest BCUT2D eigenvalue weighted by Crippen LogP contribution is -2.49. The van der Waals surface area contributed by atoms with E-state index in [2.05, 4.69) is 15.4 Å². The van der Waals surface area contributed by atoms with E-state index < -0.39 is 83.6 Å². The largest absolute Gasteiger partial charge is 0.485 e. The molecule has 1 heterocycles. The number of carboxylic acids is 1. The first-order valence-corrected chi connectivity index (χ1v) is 12.3. The number of aliphatic carboxylic acids is 1. The van der Waals surface area contributed by atoms with Gasteiger partial charge in [-0.2, -0.15) is 8.78 Å². The summed E-state index contributed by atoms with van der Waals surface area (Å²) in [6, 6.07) is 3.63. The van der Waals surface area contributed by atoms with E-state index in [0.29, 0.717) is 0 Å². The standard InChI is InChI=1S/C26H23ClF4N4O7/c1-11(35-6-2-3-17(26(35)41)33-25(40)12-4-5-16(32)13(27)7-12)24(39)34-18(9-20(37)38)19(36)10-42-23-21(30)14(28)8-15(29)22(23)31/h2-8,11,18-19,36H,9-10,32H2,1H3,(H,33,40)(H,34,39)(H,37,38)/t11?,18-,19?/m0/s1. The maximum absolute atomic E-state index is 13.9. The molecule has 0 spiro atoms. The number of aromatic nitrogens is 1. The molecule has 0 saturated heterocycles. The number of nitrogens with one attached hydrogen (secondary N) is 2. The molecule has 16 heteroatoms. The highest BCUT2D eigenvalue weighted by Crippen LogP contribution is 2.27. The van der Waals surface area contributed by atoms with Gasteiger partial charge < -0.3 is 35.9 Å². The van der Waals surface area contributed by atoms with Crippen molar-refractivity contribution >= 4 is 40.8 Å². The summed E-state index contributed by atoms with van der Waals surface area (Å²) >= 11 is 5.93. The number of ether oxygens (including phenoxy) is 1. The summed E-state index contributed by atoms with van der Waals surface area (Å²) in [4.78, 5) is 49.9. The zero-order chi connectivity index (χ0) is 31.3. The van der Waals surface area contributed by atoms with Crippen LogP contribution in [0.1, 0.15) is 29.7 Å². The third-order valence-electron chi connectivity index (χ3n) is 5.94. The average molecular weight is 615 g/mol. The van der Waals surface area contributed by atoms with Crippen molar-refractivity contribution in [2.45, 2.75) is 31.5 Å². The number of aliphatic hydroxyl groups is 1. The number of hydrogen-bond acceptors (Lipinski definition) is 7. The summed E-state index contributed by atoms with van der Waals surface area (Å²) in [6.45, 7) is 0.170. The van der Waals surface area contributed by atoms with Gasteiger partial charge in [-0.3, -0.25) is 19.2 Å². The Kier molecular flexibility index (Phi) is 10.1. The highest BCUT2D eigenvalue weighted by Gasteiger charge is 2.29. The SMILES string of the molecule is CC(C(=O)N[C@@H](CC(=O)O)C(O)COc1c(F)c(F)cc(F)c1F)n1cccc(NC(=O)c2ccc(N)c(Cl)c2)c1=O. The maximum atomic E-state index is 13.9. The van der Waals surface area contributed by atoms with Crippen LogP contribution in [0.3, 0.4) is 0 Å². The molecule has 3 aromatic rings. The molecule has 0 bridgehead atoms. The van der Waals surface area contributed by atoms with Crippen LogP contribution >= 0.6 is 11.6 Å². The first kappa shape index (κ1) is 31.9. The number of nitrogen functional groups attached to an aromatic ring is 1. The second kappa shape index (κ2) is 13.4. The van der Waals surface area contributed by atoms with E-state index >= 15 is 0 Å². The molecule has 2 amide bonds. The predicted octanol–water partition coefficient (Wildman–Crippen LogP) is 2.85. The number of hydrogen-bond donors (Lipinski definition) is 5. The van der Waals surface area contributed by atoms with E-state index in [9.17, 15) is 47.0 Å². The van der Waals surface area contributed by atoms with Gasteiger partial charge >= 0.3 is 5.97 Å². The van der Waals surface area contributed by atoms with Crippen molar-refractivity contribution in [1.82, 2.24) is 9.88 Å². The molecular formula is C26H23ClF4N4O7. The molecule has 0 aliphatic carbocycles. The molecule has 0 aliphatic rings. The first-order chi connectivity index (χ1) is 19.7. The lowest BCUT2D eigenvalue weighted by Gasteiger charge is -2.25. The van der Waals surface area contributed by atoms with Crippen LogP contribution in [0.25, 0.3) is 0 Å². The van der Waals surface area contributed by atoms with Gasteiger partial charge in [0.2, 0.25) is 17.5 Å². The molecule has 6 N–H and O–H groups in total. The third-order valence-corrected chi connectivity index (χ3v) is 6.27. The Bertz CT molecular complexity index is 1560. The second-order valence-electron chi connectivity index (χ2n) is 8.89. The van der Waals surface area contributed by atoms with Gasteiger partial charge in [-0.1, -0.05) is 11.6 Å². The Morgan fingerprint density at radius 2 is 1.74 bits per heavy atom. The summed E-state index contributed by atoms with van der Waals surface area (Å²) in [7, 11) is 0. The number of carbonyl (C=O) groups is 3. The number of anilines is 2. The van der Waals surface area contributed by atoms with Gasteiger partial charge in [0.15, 0.2) is 17.4 Å². The highest BCUT2D eigenvalue weighted by molar-refractivity contribution is 6.33. The van der Waals surface area contributed by atoms with Gasteiger partial charge in [0.05, 0.1) is 23.2 Å². The van der Waals surface area contributed by atoms with Crippen LogP contribution in [0.4, 0.5) is 28.9 Å². The lowest BCUT2D eigenvalue weighted by atomic mass is 10.1. The minimum absolute atomic E-state index is 0.0568. The number of carboxylic acid groups (broad SMARTS) is 1. The van der Waals surface area contributed by atoms with Gasteiger partial charge in [-0.15, -0.1) is 0 Å². The van der Waals surface area contributed by atoms with Crippen LogP contribution in [-0.4, -0.2) is 51.3 Å². The Morgan fingerprint density at radius 1 is 1.10 bits per heavy atom. The number of amides is 2. The number of benzene rings is 2. The second-order valence-corrected chi connectivity index (χ2v) is 9.30. The minimum atomic E-state index is -1.95. The van der Waals surface area contributed by atoms with Gasteiger partial charge in [-0.05, 0) is 37.3 Å². The number of nitrogens with zero attached hydrogens (tertiary/aromatic N) is 1. The van der Waals surface area contributed by atoms with Crippen LogP contribution < -0.4 is 26.7 Å². The molecule has 224 valence electrons. The summed E-state index contributed by atoms with van der Waals surface area (Å²) in [5.41, 5.74) is 4.89. The van der Waals surface area contributed by atoms with Gasteiger partial charge in [-0.25, -0.2) is 8.78 Å². The third kappa shape index (κ3) is 7.36. The summed E-state index contributed by atoms with van der Waals surface area (Å²) < 4.78 is 60.2. The maximum Gasteiger partial charge on any atom is 0.305 e. The van der Waals surface area contributed by atoms with Crippen molar-refractivity contribution in [2.75, 3.05) is 17.7 Å². The van der Waals surface area contributed by atoms with Crippen molar-refractivity contribution in [1.29, 1.82) is 0 Å². The number of halogens is 5. The molecular weight excluding hydrogens is 592 g/mol. The smallest absolute Gasteiger partial charge is 0.305 e. The van der Waals surface area contributed by atoms with Crippen LogP contribution in [0.5, 0.6) is 5.75 Å². The highest BCUT2D eigenvalue weighted by atomic mass is 35.5. The van der Waals surface area contributed by atoms with E-state index in [1.165, 1.54) is 43.5 Å². The van der Waals surface area contributed by atoms with Crippen molar-refractivity contribution in [3.05, 3.63) is 86.8 Å². The van der Waals surface area contributed by atoms with E-state index in [1.54, 1.807) is 0 Å². The Morgan fingerprint density at radius 3 is 2.33 bits per heavy atom. The monoisotopic (exact) mass is 614 g/mol. The molecule has 3 rings (SSSR count). The molecule has 1 aromatic heterocycles. The summed E-state index contributed by atoms with van der Waals surface area (Å²) in [5.74, 6) is -12.0. The van der Waals surface area contributed by atoms with E-state index in [4.69, 9.17) is 17.3 Å². The fourth-order valence-electron chi connectivity index (χ4n) is 3.64. The van der Waals surface area contributed by atoms with Gasteiger partial charge in [0.25, 0.3) is 11.5 Å². The van der Waals surface area contributed by atoms with Crippen molar-refractivity contribution in [2.24, 2.45) is 0 Å². The number of nitrogens with two attached hydrogens (primary N) is 1. The Hall–Kier alpha value is -4.63. The molecule has 0 aliphatic heterocycles. The normalized spacial score (nSPS) is 13.1. The van der Waals surface area contributed by atoms with Crippen LogP contribution in [0, 0.1) is 23.3 Å². The topological polar surface area (TPSA) is 173 Å². The zero-order valence-electron chi connectivity index (χ0n) is 21.5. The lowest BCUT2D eigenvalue weighted by molar-refractivity contribution is -0.139. The molecule has 2 unspecified atom stereocenters. The minimum Gasteiger partial charge on any atom is -0.485 e. The number of aliphatic hydroxyl groups excluding tert-OH is 1. The molecule has 3 atom stereocenters. The van der Waals surface area contributed by atoms with Crippen LogP contribution in [0.2, 0.25) is 5.02 Å². The van der Waals surface area contributed by atoms with Crippen LogP contribution in [-0.2, 0) is 9.59 Å². The predicted molar refractivity (Wildman–Crippen MR) is 141 cm³/mol. The van der Waals surface area contributed by atoms with Gasteiger partial charge in [0, 0.05) is 17.8 Å². The molecule has 42 heavy (non-hydrogen) atoms. The fourth-order valence-corrected chi connectivity index (χ4v) is 3.82. The quantitative estimate of drug-likeness (QED) is 0.125. The fraction of sp³-hybridized carbons (Fsp3) is 0.231. The Balaban J connectivity index is 1.75. The van der Waals surface area contributed by atoms with Crippen molar-refractivity contribution in [3.8, 4) is 5.75 Å². The zero-order valence-corrected chi connectivity index (χ0v) is 22.3. The van der Waals surface area contributed by atoms with Crippen LogP contribution in [0.15, 0.2) is 47.4 Å². The first-order valence-electron chi connectivity index (χ1n) is 11.9. The van der Waals surface area contributed by atoms with Crippen molar-refractivity contribution < 1.29 is 46.9 Å². The van der Waals surface area contributed by atoms with Gasteiger partial charge in [0.1, 0.15) is 24.4 Å². The molecule has 0 saturated carbocycles. The van der Waals surface area contributed by atoms with E-state index in [-0.39, 0.29) is 28.0 Å². The summed E-state index contributed by atoms with van der Waals surface area (Å²) in [5, 5.41) is 24.3. The van der Waals surface area contributed by atoms with Crippen molar-refractivity contribution in [3.63, 3.8) is 0 Å². The number of rotatable bonds is 11. The number of pyridine rings is 1. The van der Waals surface area contributed by atoms with E-state index in [1.807, 2.05) is 0 Å². The number of carbonyl (C=O) groups excluding carboxylic acids is 2.